The van der Waals surface area contributed by atoms with Crippen LogP contribution in [-0.2, 0) is 0 Å². The number of allylic oxidation sites excluding steroid dienone is 1. The van der Waals surface area contributed by atoms with Crippen LogP contribution in [0.1, 0.15) is 52.9 Å². The second-order valence-corrected chi connectivity index (χ2v) is 7.31. The van der Waals surface area contributed by atoms with E-state index in [1.807, 2.05) is 0 Å². The molecule has 4 atom stereocenters. The Hall–Kier alpha value is -0.260. The summed E-state index contributed by atoms with van der Waals surface area (Å²) in [5.41, 5.74) is 2.81. The largest absolute Gasteiger partial charge is 0.0996 e. The summed E-state index contributed by atoms with van der Waals surface area (Å²) >= 11 is 0. The highest BCUT2D eigenvalue weighted by molar-refractivity contribution is 5.21. The first-order valence-corrected chi connectivity index (χ1v) is 6.62. The van der Waals surface area contributed by atoms with Crippen molar-refractivity contribution >= 4 is 0 Å². The monoisotopic (exact) mass is 204 g/mol. The predicted octanol–water partition coefficient (Wildman–Crippen LogP) is 4.42. The van der Waals surface area contributed by atoms with Crippen LogP contribution in [0, 0.1) is 28.6 Å². The van der Waals surface area contributed by atoms with Crippen LogP contribution in [0.15, 0.2) is 12.2 Å². The van der Waals surface area contributed by atoms with Gasteiger partial charge in [-0.05, 0) is 60.7 Å². The SMILES string of the molecule is C=C1CC[C@H]2C[C@]3(C)CCC(C)(C)[C@H]3[C@H]12. The van der Waals surface area contributed by atoms with Crippen molar-refractivity contribution in [3.63, 3.8) is 0 Å². The van der Waals surface area contributed by atoms with Crippen molar-refractivity contribution in [2.75, 3.05) is 0 Å². The molecule has 3 saturated carbocycles. The lowest BCUT2D eigenvalue weighted by molar-refractivity contribution is 0.146. The summed E-state index contributed by atoms with van der Waals surface area (Å²) in [4.78, 5) is 0. The Morgan fingerprint density at radius 3 is 2.67 bits per heavy atom. The van der Waals surface area contributed by atoms with Crippen molar-refractivity contribution < 1.29 is 0 Å². The molecule has 0 unspecified atom stereocenters. The van der Waals surface area contributed by atoms with E-state index in [0.717, 1.165) is 17.8 Å². The first-order valence-electron chi connectivity index (χ1n) is 6.62. The van der Waals surface area contributed by atoms with Crippen LogP contribution >= 0.6 is 0 Å². The van der Waals surface area contributed by atoms with Gasteiger partial charge in [-0.3, -0.25) is 0 Å². The molecule has 0 aliphatic heterocycles. The van der Waals surface area contributed by atoms with Gasteiger partial charge >= 0.3 is 0 Å². The van der Waals surface area contributed by atoms with Crippen molar-refractivity contribution in [1.82, 2.24) is 0 Å². The van der Waals surface area contributed by atoms with Crippen molar-refractivity contribution in [3.8, 4) is 0 Å². The first-order chi connectivity index (χ1) is 6.94. The van der Waals surface area contributed by atoms with Gasteiger partial charge in [-0.2, -0.15) is 0 Å². The lowest BCUT2D eigenvalue weighted by Gasteiger charge is -2.36. The summed E-state index contributed by atoms with van der Waals surface area (Å²) in [6.07, 6.45) is 7.14. The Labute approximate surface area is 94.1 Å². The minimum absolute atomic E-state index is 0.571. The molecule has 0 bridgehead atoms. The van der Waals surface area contributed by atoms with E-state index >= 15 is 0 Å². The molecular formula is C15H24. The fourth-order valence-corrected chi connectivity index (χ4v) is 5.40. The minimum Gasteiger partial charge on any atom is -0.0996 e. The molecule has 3 aliphatic rings. The van der Waals surface area contributed by atoms with E-state index in [2.05, 4.69) is 27.4 Å². The van der Waals surface area contributed by atoms with Gasteiger partial charge in [0.05, 0.1) is 0 Å². The fourth-order valence-electron chi connectivity index (χ4n) is 5.40. The summed E-state index contributed by atoms with van der Waals surface area (Å²) < 4.78 is 0. The zero-order chi connectivity index (χ0) is 10.8. The minimum atomic E-state index is 0.571. The van der Waals surface area contributed by atoms with E-state index < -0.39 is 0 Å². The van der Waals surface area contributed by atoms with E-state index in [1.165, 1.54) is 32.1 Å². The van der Waals surface area contributed by atoms with Crippen LogP contribution in [0.4, 0.5) is 0 Å². The molecule has 0 N–H and O–H groups in total. The van der Waals surface area contributed by atoms with Crippen molar-refractivity contribution in [2.24, 2.45) is 28.6 Å². The quantitative estimate of drug-likeness (QED) is 0.513. The molecule has 0 amide bonds. The zero-order valence-corrected chi connectivity index (χ0v) is 10.5. The third-order valence-electron chi connectivity index (χ3n) is 5.84. The molecule has 15 heavy (non-hydrogen) atoms. The van der Waals surface area contributed by atoms with Crippen LogP contribution in [0.2, 0.25) is 0 Å². The maximum atomic E-state index is 4.35. The number of hydrogen-bond donors (Lipinski definition) is 0. The lowest BCUT2D eigenvalue weighted by Crippen LogP contribution is -2.30. The van der Waals surface area contributed by atoms with Crippen molar-refractivity contribution in [3.05, 3.63) is 12.2 Å². The zero-order valence-electron chi connectivity index (χ0n) is 10.5. The Morgan fingerprint density at radius 1 is 1.20 bits per heavy atom. The van der Waals surface area contributed by atoms with Crippen molar-refractivity contribution in [1.29, 1.82) is 0 Å². The fraction of sp³-hybridized carbons (Fsp3) is 0.867. The summed E-state index contributed by atoms with van der Waals surface area (Å²) in [6, 6.07) is 0. The van der Waals surface area contributed by atoms with Gasteiger partial charge in [-0.1, -0.05) is 32.9 Å². The topological polar surface area (TPSA) is 0 Å². The summed E-state index contributed by atoms with van der Waals surface area (Å²) in [5, 5.41) is 0. The molecule has 0 heteroatoms. The average Bonchev–Trinajstić information content (AvgIpc) is 2.67. The third kappa shape index (κ3) is 1.14. The molecule has 0 aromatic rings. The molecule has 3 fully saturated rings. The van der Waals surface area contributed by atoms with Gasteiger partial charge in [0.15, 0.2) is 0 Å². The highest BCUT2D eigenvalue weighted by atomic mass is 14.7. The van der Waals surface area contributed by atoms with Gasteiger partial charge in [0, 0.05) is 0 Å². The van der Waals surface area contributed by atoms with E-state index in [0.29, 0.717) is 10.8 Å². The van der Waals surface area contributed by atoms with Gasteiger partial charge in [0.1, 0.15) is 0 Å². The molecule has 0 aromatic heterocycles. The molecule has 0 spiro atoms. The van der Waals surface area contributed by atoms with Crippen LogP contribution in [0.5, 0.6) is 0 Å². The molecule has 0 heterocycles. The molecule has 3 rings (SSSR count). The number of rotatable bonds is 0. The van der Waals surface area contributed by atoms with E-state index in [9.17, 15) is 0 Å². The van der Waals surface area contributed by atoms with E-state index in [4.69, 9.17) is 0 Å². The lowest BCUT2D eigenvalue weighted by atomic mass is 9.68. The van der Waals surface area contributed by atoms with Crippen LogP contribution in [0.3, 0.4) is 0 Å². The number of fused-ring (bicyclic) bond motifs is 3. The van der Waals surface area contributed by atoms with Crippen LogP contribution in [0.25, 0.3) is 0 Å². The highest BCUT2D eigenvalue weighted by Gasteiger charge is 2.61. The number of hydrogen-bond acceptors (Lipinski definition) is 0. The average molecular weight is 204 g/mol. The van der Waals surface area contributed by atoms with Crippen molar-refractivity contribution in [2.45, 2.75) is 52.9 Å². The smallest absolute Gasteiger partial charge is 0.0139 e. The molecular weight excluding hydrogens is 180 g/mol. The standard InChI is InChI=1S/C15H24/c1-10-5-6-11-9-15(4)8-7-14(2,3)13(15)12(10)11/h11-13H,1,5-9H2,2-4H3/t11-,12+,13+,15-/m0/s1. The van der Waals surface area contributed by atoms with Crippen LogP contribution < -0.4 is 0 Å². The van der Waals surface area contributed by atoms with E-state index in [-0.39, 0.29) is 0 Å². The maximum absolute atomic E-state index is 4.35. The van der Waals surface area contributed by atoms with Gasteiger partial charge in [0.25, 0.3) is 0 Å². The normalized spacial score (nSPS) is 51.9. The van der Waals surface area contributed by atoms with Crippen LogP contribution in [-0.4, -0.2) is 0 Å². The summed E-state index contributed by atoms with van der Waals surface area (Å²) in [7, 11) is 0. The van der Waals surface area contributed by atoms with Gasteiger partial charge in [-0.25, -0.2) is 0 Å². The van der Waals surface area contributed by atoms with E-state index in [1.54, 1.807) is 5.57 Å². The predicted molar refractivity (Wildman–Crippen MR) is 64.6 cm³/mol. The Balaban J connectivity index is 2.02. The Morgan fingerprint density at radius 2 is 1.93 bits per heavy atom. The third-order valence-corrected chi connectivity index (χ3v) is 5.84. The summed E-state index contributed by atoms with van der Waals surface area (Å²) in [5.74, 6) is 2.81. The first kappa shape index (κ1) is 9.93. The molecule has 3 aliphatic carbocycles. The maximum Gasteiger partial charge on any atom is -0.0139 e. The van der Waals surface area contributed by atoms with Gasteiger partial charge < -0.3 is 0 Å². The molecule has 84 valence electrons. The second-order valence-electron chi connectivity index (χ2n) is 7.31. The molecule has 0 nitrogen and oxygen atoms in total. The molecule has 0 radical (unpaired) electrons. The summed E-state index contributed by atoms with van der Waals surface area (Å²) in [6.45, 7) is 11.9. The Bertz CT molecular complexity index is 312. The molecule has 0 saturated heterocycles. The highest BCUT2D eigenvalue weighted by Crippen LogP contribution is 2.69. The molecule has 0 aromatic carbocycles. The Kier molecular flexibility index (Phi) is 1.79. The van der Waals surface area contributed by atoms with Gasteiger partial charge in [-0.15, -0.1) is 0 Å². The van der Waals surface area contributed by atoms with Gasteiger partial charge in [0.2, 0.25) is 0 Å². The second kappa shape index (κ2) is 2.70.